The number of nitrogens with zero attached hydrogens (tertiary/aromatic N) is 2. The Balaban J connectivity index is 1.28. The van der Waals surface area contributed by atoms with Crippen molar-refractivity contribution in [2.75, 3.05) is 11.9 Å². The molecule has 1 heterocycles. The Kier molecular flexibility index (Phi) is 6.64. The molecule has 5 aromatic rings. The predicted octanol–water partition coefficient (Wildman–Crippen LogP) is 6.42. The van der Waals surface area contributed by atoms with Crippen LogP contribution < -0.4 is 10.7 Å². The van der Waals surface area contributed by atoms with Gasteiger partial charge >= 0.3 is 6.18 Å². The van der Waals surface area contributed by atoms with Gasteiger partial charge < -0.3 is 9.88 Å². The summed E-state index contributed by atoms with van der Waals surface area (Å²) in [4.78, 5) is 12.2. The van der Waals surface area contributed by atoms with Gasteiger partial charge in [-0.1, -0.05) is 66.7 Å². The molecule has 2 N–H and O–H groups in total. The van der Waals surface area contributed by atoms with Crippen LogP contribution >= 0.6 is 0 Å². The lowest BCUT2D eigenvalue weighted by molar-refractivity contribution is -0.137. The minimum absolute atomic E-state index is 0.200. The molecule has 0 radical (unpaired) electrons. The van der Waals surface area contributed by atoms with E-state index in [1.54, 1.807) is 6.21 Å². The number of carbonyl (C=O) groups excluding carboxylic acids is 1. The molecule has 0 unspecified atom stereocenters. The zero-order chi connectivity index (χ0) is 25.8. The molecule has 0 atom stereocenters. The lowest BCUT2D eigenvalue weighted by Gasteiger charge is -2.10. The van der Waals surface area contributed by atoms with Crippen LogP contribution in [0, 0.1) is 0 Å². The number of benzene rings is 4. The van der Waals surface area contributed by atoms with E-state index in [4.69, 9.17) is 0 Å². The normalized spacial score (nSPS) is 11.9. The Bertz CT molecular complexity index is 1600. The zero-order valence-corrected chi connectivity index (χ0v) is 19.7. The number of para-hydroxylation sites is 1. The highest BCUT2D eigenvalue weighted by Crippen LogP contribution is 2.30. The third-order valence-electron chi connectivity index (χ3n) is 6.08. The second kappa shape index (κ2) is 10.2. The first-order valence-electron chi connectivity index (χ1n) is 11.7. The number of anilines is 1. The van der Waals surface area contributed by atoms with Gasteiger partial charge in [0.1, 0.15) is 0 Å². The third kappa shape index (κ3) is 5.48. The van der Waals surface area contributed by atoms with Gasteiger partial charge in [-0.15, -0.1) is 0 Å². The molecule has 5 rings (SSSR count). The van der Waals surface area contributed by atoms with Crippen molar-refractivity contribution >= 4 is 39.5 Å². The van der Waals surface area contributed by atoms with Crippen molar-refractivity contribution < 1.29 is 18.0 Å². The van der Waals surface area contributed by atoms with E-state index < -0.39 is 17.6 Å². The molecule has 0 bridgehead atoms. The summed E-state index contributed by atoms with van der Waals surface area (Å²) in [7, 11) is 0. The highest BCUT2D eigenvalue weighted by molar-refractivity contribution is 6.00. The Hall–Kier alpha value is -4.59. The maximum atomic E-state index is 12.9. The molecule has 1 aromatic heterocycles. The molecule has 0 aliphatic rings. The fourth-order valence-corrected chi connectivity index (χ4v) is 4.32. The lowest BCUT2D eigenvalue weighted by Crippen LogP contribution is -2.26. The summed E-state index contributed by atoms with van der Waals surface area (Å²) in [6.45, 7) is 0.449. The number of carbonyl (C=O) groups is 1. The monoisotopic (exact) mass is 500 g/mol. The van der Waals surface area contributed by atoms with Crippen molar-refractivity contribution in [3.63, 3.8) is 0 Å². The van der Waals surface area contributed by atoms with E-state index in [9.17, 15) is 18.0 Å². The van der Waals surface area contributed by atoms with Gasteiger partial charge in [-0.05, 0) is 40.6 Å². The summed E-state index contributed by atoms with van der Waals surface area (Å²) in [6, 6.07) is 27.2. The summed E-state index contributed by atoms with van der Waals surface area (Å²) in [5, 5.41) is 10.1. The molecular formula is C29H23F3N4O. The third-order valence-corrected chi connectivity index (χ3v) is 6.08. The van der Waals surface area contributed by atoms with Crippen molar-refractivity contribution in [3.8, 4) is 0 Å². The molecule has 5 nitrogen and oxygen atoms in total. The van der Waals surface area contributed by atoms with Crippen molar-refractivity contribution in [2.45, 2.75) is 12.7 Å². The summed E-state index contributed by atoms with van der Waals surface area (Å²) >= 11 is 0. The van der Waals surface area contributed by atoms with E-state index in [0.29, 0.717) is 6.54 Å². The minimum Gasteiger partial charge on any atom is -0.376 e. The van der Waals surface area contributed by atoms with Gasteiger partial charge in [-0.2, -0.15) is 18.3 Å². The van der Waals surface area contributed by atoms with E-state index in [1.165, 1.54) is 28.5 Å². The van der Waals surface area contributed by atoms with Crippen molar-refractivity contribution in [3.05, 3.63) is 114 Å². The molecule has 0 saturated heterocycles. The topological polar surface area (TPSA) is 58.4 Å². The second-order valence-electron chi connectivity index (χ2n) is 8.59. The number of hydrogen-bond donors (Lipinski definition) is 2. The van der Waals surface area contributed by atoms with Crippen LogP contribution in [0.5, 0.6) is 0 Å². The Morgan fingerprint density at radius 2 is 1.62 bits per heavy atom. The number of alkyl halides is 3. The first-order chi connectivity index (χ1) is 17.9. The van der Waals surface area contributed by atoms with E-state index in [0.717, 1.165) is 28.6 Å². The van der Waals surface area contributed by atoms with Crippen LogP contribution in [-0.4, -0.2) is 23.2 Å². The van der Waals surface area contributed by atoms with E-state index in [1.807, 2.05) is 42.6 Å². The van der Waals surface area contributed by atoms with Crippen LogP contribution in [-0.2, 0) is 17.5 Å². The Morgan fingerprint density at radius 1 is 0.892 bits per heavy atom. The molecule has 0 saturated carbocycles. The Labute approximate surface area is 211 Å². The molecule has 37 heavy (non-hydrogen) atoms. The fourth-order valence-electron chi connectivity index (χ4n) is 4.32. The highest BCUT2D eigenvalue weighted by Gasteiger charge is 2.30. The quantitative estimate of drug-likeness (QED) is 0.200. The largest absolute Gasteiger partial charge is 0.416 e. The summed E-state index contributed by atoms with van der Waals surface area (Å²) in [5.74, 6) is -0.479. The Morgan fingerprint density at radius 3 is 2.46 bits per heavy atom. The predicted molar refractivity (Wildman–Crippen MR) is 141 cm³/mol. The average molecular weight is 501 g/mol. The van der Waals surface area contributed by atoms with Crippen LogP contribution in [0.15, 0.2) is 102 Å². The maximum Gasteiger partial charge on any atom is 0.416 e. The summed E-state index contributed by atoms with van der Waals surface area (Å²) in [5.41, 5.74) is 4.91. The molecule has 0 aliphatic carbocycles. The molecular weight excluding hydrogens is 477 g/mol. The first-order valence-corrected chi connectivity index (χ1v) is 11.7. The summed E-state index contributed by atoms with van der Waals surface area (Å²) < 4.78 is 40.8. The zero-order valence-electron chi connectivity index (χ0n) is 19.7. The number of hydrogen-bond acceptors (Lipinski definition) is 3. The smallest absolute Gasteiger partial charge is 0.376 e. The number of amides is 1. The van der Waals surface area contributed by atoms with Crippen molar-refractivity contribution in [2.24, 2.45) is 5.10 Å². The van der Waals surface area contributed by atoms with Crippen LogP contribution in [0.4, 0.5) is 18.9 Å². The van der Waals surface area contributed by atoms with Gasteiger partial charge in [0.25, 0.3) is 5.91 Å². The van der Waals surface area contributed by atoms with Crippen LogP contribution in [0.3, 0.4) is 0 Å². The lowest BCUT2D eigenvalue weighted by atomic mass is 10.0. The standard InChI is InChI=1S/C29H23F3N4O/c30-29(31,32)23-10-6-11-24(15-23)33-17-28(37)35-34-16-22-19-36(27-14-4-3-13-26(22)27)18-21-9-5-8-20-7-1-2-12-25(20)21/h1-16,19,33H,17-18H2,(H,35,37)/b34-16-. The first kappa shape index (κ1) is 24.1. The molecule has 1 amide bonds. The molecule has 4 aromatic carbocycles. The van der Waals surface area contributed by atoms with E-state index in [-0.39, 0.29) is 12.2 Å². The molecule has 0 spiro atoms. The number of aromatic nitrogens is 1. The van der Waals surface area contributed by atoms with Crippen LogP contribution in [0.2, 0.25) is 0 Å². The van der Waals surface area contributed by atoms with Crippen molar-refractivity contribution in [1.82, 2.24) is 9.99 Å². The number of hydrazone groups is 1. The summed E-state index contributed by atoms with van der Waals surface area (Å²) in [6.07, 6.45) is -0.885. The fraction of sp³-hybridized carbons (Fsp3) is 0.103. The number of halogens is 3. The highest BCUT2D eigenvalue weighted by atomic mass is 19.4. The van der Waals surface area contributed by atoms with Gasteiger partial charge in [0.2, 0.25) is 0 Å². The number of fused-ring (bicyclic) bond motifs is 2. The molecule has 8 heteroatoms. The minimum atomic E-state index is -4.45. The van der Waals surface area contributed by atoms with Gasteiger partial charge in [-0.3, -0.25) is 4.79 Å². The van der Waals surface area contributed by atoms with Crippen LogP contribution in [0.1, 0.15) is 16.7 Å². The van der Waals surface area contributed by atoms with E-state index in [2.05, 4.69) is 50.7 Å². The molecule has 186 valence electrons. The van der Waals surface area contributed by atoms with Crippen molar-refractivity contribution in [1.29, 1.82) is 0 Å². The average Bonchev–Trinajstić information content (AvgIpc) is 3.25. The van der Waals surface area contributed by atoms with Gasteiger partial charge in [0, 0.05) is 34.9 Å². The number of nitrogens with one attached hydrogen (secondary N) is 2. The van der Waals surface area contributed by atoms with Crippen LogP contribution in [0.25, 0.3) is 21.7 Å². The van der Waals surface area contributed by atoms with E-state index >= 15 is 0 Å². The maximum absolute atomic E-state index is 12.9. The number of rotatable bonds is 7. The molecule has 0 fully saturated rings. The second-order valence-corrected chi connectivity index (χ2v) is 8.59. The SMILES string of the molecule is O=C(CNc1cccc(C(F)(F)F)c1)N/N=C\c1cn(Cc2cccc3ccccc23)c2ccccc12. The van der Waals surface area contributed by atoms with Gasteiger partial charge in [0.15, 0.2) is 0 Å². The van der Waals surface area contributed by atoms with Gasteiger partial charge in [-0.25, -0.2) is 5.43 Å². The van der Waals surface area contributed by atoms with Gasteiger partial charge in [0.05, 0.1) is 18.3 Å². The molecule has 0 aliphatic heterocycles.